The number of rotatable bonds is 3. The summed E-state index contributed by atoms with van der Waals surface area (Å²) in [4.78, 5) is 31.8. The molecule has 1 aromatic carbocycles. The quantitative estimate of drug-likeness (QED) is 0.893. The van der Waals surface area contributed by atoms with Gasteiger partial charge in [-0.05, 0) is 24.3 Å². The summed E-state index contributed by atoms with van der Waals surface area (Å²) in [5.41, 5.74) is 1.70. The Morgan fingerprint density at radius 3 is 2.56 bits per heavy atom. The molecule has 2 aromatic rings. The van der Waals surface area contributed by atoms with Crippen molar-refractivity contribution >= 4 is 23.5 Å². The second kappa shape index (κ2) is 6.76. The van der Waals surface area contributed by atoms with Crippen molar-refractivity contribution in [2.75, 3.05) is 38.0 Å². The maximum atomic E-state index is 12.9. The van der Waals surface area contributed by atoms with Crippen LogP contribution in [0.4, 0.5) is 5.95 Å². The molecule has 3 rings (SSSR count). The minimum Gasteiger partial charge on any atom is -0.357 e. The summed E-state index contributed by atoms with van der Waals surface area (Å²) < 4.78 is 1.47. The molecule has 0 fully saturated rings. The molecule has 0 spiro atoms. The van der Waals surface area contributed by atoms with E-state index in [1.54, 1.807) is 55.3 Å². The topological polar surface area (TPSA) is 70.5 Å². The predicted molar refractivity (Wildman–Crippen MR) is 98.0 cm³/mol. The zero-order chi connectivity index (χ0) is 18.1. The lowest BCUT2D eigenvalue weighted by molar-refractivity contribution is 0.0732. The van der Waals surface area contributed by atoms with Crippen molar-refractivity contribution in [1.82, 2.24) is 14.6 Å². The van der Waals surface area contributed by atoms with E-state index < -0.39 is 0 Å². The average molecular weight is 362 g/mol. The van der Waals surface area contributed by atoms with Crippen molar-refractivity contribution in [3.8, 4) is 0 Å². The smallest absolute Gasteiger partial charge is 0.278 e. The van der Waals surface area contributed by atoms with Gasteiger partial charge in [0.15, 0.2) is 0 Å². The van der Waals surface area contributed by atoms with Gasteiger partial charge in [0.25, 0.3) is 11.5 Å². The maximum absolute atomic E-state index is 12.9. The van der Waals surface area contributed by atoms with E-state index in [1.807, 2.05) is 0 Å². The van der Waals surface area contributed by atoms with Gasteiger partial charge in [0.1, 0.15) is 0 Å². The van der Waals surface area contributed by atoms with E-state index in [-0.39, 0.29) is 18.0 Å². The Morgan fingerprint density at radius 2 is 1.96 bits per heavy atom. The number of halogens is 1. The molecule has 1 aliphatic rings. The van der Waals surface area contributed by atoms with Gasteiger partial charge in [0.05, 0.1) is 17.8 Å². The summed E-state index contributed by atoms with van der Waals surface area (Å²) in [6.45, 7) is 0.774. The van der Waals surface area contributed by atoms with Crippen LogP contribution in [0.5, 0.6) is 0 Å². The Morgan fingerprint density at radius 1 is 1.28 bits per heavy atom. The van der Waals surface area contributed by atoms with E-state index in [9.17, 15) is 9.59 Å². The molecular weight excluding hydrogens is 342 g/mol. The molecule has 25 heavy (non-hydrogen) atoms. The van der Waals surface area contributed by atoms with Gasteiger partial charge in [0, 0.05) is 44.7 Å². The lowest BCUT2D eigenvalue weighted by Crippen LogP contribution is -2.45. The third-order valence-corrected chi connectivity index (χ3v) is 4.46. The van der Waals surface area contributed by atoms with Crippen molar-refractivity contribution < 1.29 is 4.79 Å². The number of carbonyl (C=O) groups excluding carboxylic acids is 1. The first kappa shape index (κ1) is 17.3. The summed E-state index contributed by atoms with van der Waals surface area (Å²) in [6, 6.07) is 6.76. The second-order valence-corrected chi connectivity index (χ2v) is 6.49. The number of anilines is 1. The molecule has 8 heteroatoms. The zero-order valence-corrected chi connectivity index (χ0v) is 15.2. The lowest BCUT2D eigenvalue weighted by Gasteiger charge is -2.30. The van der Waals surface area contributed by atoms with Crippen molar-refractivity contribution in [3.63, 3.8) is 0 Å². The Kier molecular flexibility index (Phi) is 4.67. The Labute approximate surface area is 150 Å². The van der Waals surface area contributed by atoms with E-state index in [1.165, 1.54) is 4.68 Å². The van der Waals surface area contributed by atoms with Crippen LogP contribution in [-0.4, -0.2) is 48.2 Å². The van der Waals surface area contributed by atoms with Crippen LogP contribution in [0.2, 0.25) is 5.02 Å². The molecule has 1 N–H and O–H groups in total. The fourth-order valence-electron chi connectivity index (χ4n) is 2.95. The number of aromatic nitrogens is 2. The number of hydrogen-bond donors (Lipinski definition) is 1. The first-order valence-corrected chi connectivity index (χ1v) is 8.35. The number of nitrogens with zero attached hydrogens (tertiary/aromatic N) is 4. The molecule has 7 nitrogen and oxygen atoms in total. The number of amides is 1. The van der Waals surface area contributed by atoms with Crippen molar-refractivity contribution in [2.45, 2.75) is 13.0 Å². The molecule has 0 bridgehead atoms. The summed E-state index contributed by atoms with van der Waals surface area (Å²) in [7, 11) is 5.28. The van der Waals surface area contributed by atoms with Gasteiger partial charge in [-0.3, -0.25) is 9.59 Å². The Bertz CT molecular complexity index is 861. The monoisotopic (exact) mass is 361 g/mol. The van der Waals surface area contributed by atoms with Gasteiger partial charge in [0.2, 0.25) is 5.95 Å². The Hall–Kier alpha value is -2.54. The zero-order valence-electron chi connectivity index (χ0n) is 14.4. The molecule has 0 saturated carbocycles. The largest absolute Gasteiger partial charge is 0.357 e. The highest BCUT2D eigenvalue weighted by molar-refractivity contribution is 6.30. The highest BCUT2D eigenvalue weighted by atomic mass is 35.5. The molecular formula is C17H20ClN5O2. The van der Waals surface area contributed by atoms with E-state index in [0.29, 0.717) is 35.1 Å². The normalized spacial score (nSPS) is 13.4. The third kappa shape index (κ3) is 3.19. The van der Waals surface area contributed by atoms with Crippen LogP contribution < -0.4 is 15.9 Å². The molecule has 132 valence electrons. The molecule has 0 radical (unpaired) electrons. The fourth-order valence-corrected chi connectivity index (χ4v) is 3.07. The minimum atomic E-state index is -0.159. The van der Waals surface area contributed by atoms with Crippen molar-refractivity contribution in [2.24, 2.45) is 0 Å². The van der Waals surface area contributed by atoms with E-state index in [2.05, 4.69) is 10.3 Å². The van der Waals surface area contributed by atoms with Crippen LogP contribution in [0.15, 0.2) is 29.1 Å². The summed E-state index contributed by atoms with van der Waals surface area (Å²) in [5, 5.41) is 5.20. The molecule has 1 aromatic heterocycles. The highest BCUT2D eigenvalue weighted by Gasteiger charge is 2.27. The maximum Gasteiger partial charge on any atom is 0.278 e. The first-order chi connectivity index (χ1) is 11.9. The average Bonchev–Trinajstić information content (AvgIpc) is 2.61. The van der Waals surface area contributed by atoms with Gasteiger partial charge in [-0.15, -0.1) is 0 Å². The number of carbonyl (C=O) groups is 1. The second-order valence-electron chi connectivity index (χ2n) is 6.06. The number of nitrogens with one attached hydrogen (secondary N) is 1. The molecule has 1 amide bonds. The molecule has 0 saturated heterocycles. The van der Waals surface area contributed by atoms with Gasteiger partial charge in [-0.1, -0.05) is 11.6 Å². The SMILES string of the molecule is CNc1nc2c(c(=O)n1N(C)C)CN(C(=O)c1ccc(Cl)cc1)CC2. The summed E-state index contributed by atoms with van der Waals surface area (Å²) >= 11 is 5.88. The van der Waals surface area contributed by atoms with E-state index >= 15 is 0 Å². The summed E-state index contributed by atoms with van der Waals surface area (Å²) in [5.74, 6) is 0.377. The minimum absolute atomic E-state index is 0.115. The first-order valence-electron chi connectivity index (χ1n) is 7.97. The van der Waals surface area contributed by atoms with Gasteiger partial charge in [-0.25, -0.2) is 4.98 Å². The standard InChI is InChI=1S/C17H20ClN5O2/c1-19-17-20-14-8-9-22(10-13(14)16(25)23(17)21(2)3)15(24)11-4-6-12(18)7-5-11/h4-7H,8-10H2,1-3H3,(H,19,20). The van der Waals surface area contributed by atoms with Crippen LogP contribution in [0, 0.1) is 0 Å². The molecule has 2 heterocycles. The van der Waals surface area contributed by atoms with E-state index in [4.69, 9.17) is 11.6 Å². The van der Waals surface area contributed by atoms with Crippen LogP contribution in [0.3, 0.4) is 0 Å². The highest BCUT2D eigenvalue weighted by Crippen LogP contribution is 2.19. The Balaban J connectivity index is 1.95. The fraction of sp³-hybridized carbons (Fsp3) is 0.353. The van der Waals surface area contributed by atoms with Gasteiger partial charge >= 0.3 is 0 Å². The number of fused-ring (bicyclic) bond motifs is 1. The van der Waals surface area contributed by atoms with Crippen LogP contribution in [-0.2, 0) is 13.0 Å². The summed E-state index contributed by atoms with van der Waals surface area (Å²) in [6.07, 6.45) is 0.548. The molecule has 0 unspecified atom stereocenters. The van der Waals surface area contributed by atoms with E-state index in [0.717, 1.165) is 5.69 Å². The lowest BCUT2D eigenvalue weighted by atomic mass is 10.1. The number of benzene rings is 1. The molecule has 0 aliphatic carbocycles. The molecule has 0 atom stereocenters. The van der Waals surface area contributed by atoms with Crippen LogP contribution >= 0.6 is 11.6 Å². The third-order valence-electron chi connectivity index (χ3n) is 4.21. The van der Waals surface area contributed by atoms with Crippen LogP contribution in [0.25, 0.3) is 0 Å². The molecule has 1 aliphatic heterocycles. The predicted octanol–water partition coefficient (Wildman–Crippen LogP) is 1.33. The van der Waals surface area contributed by atoms with Crippen molar-refractivity contribution in [1.29, 1.82) is 0 Å². The van der Waals surface area contributed by atoms with Crippen molar-refractivity contribution in [3.05, 3.63) is 56.5 Å². The van der Waals surface area contributed by atoms with Gasteiger partial charge in [-0.2, -0.15) is 4.68 Å². The number of hydrogen-bond acceptors (Lipinski definition) is 5. The van der Waals surface area contributed by atoms with Gasteiger partial charge < -0.3 is 15.2 Å². The van der Waals surface area contributed by atoms with Crippen LogP contribution in [0.1, 0.15) is 21.6 Å².